The van der Waals surface area contributed by atoms with Crippen molar-refractivity contribution < 1.29 is 57.4 Å². The fraction of sp³-hybridized carbons (Fsp3) is 0. The first-order chi connectivity index (χ1) is 4.00. The van der Waals surface area contributed by atoms with E-state index in [0.29, 0.717) is 0 Å². The minimum atomic E-state index is -4.67. The Hall–Kier alpha value is 1.08. The van der Waals surface area contributed by atoms with E-state index in [0.717, 1.165) is 0 Å². The SMILES string of the molecule is O=S(=O)(O)O.O=S(=O)(O)O.[Ag].[LiH]. The van der Waals surface area contributed by atoms with Gasteiger partial charge in [0, 0.05) is 22.4 Å². The van der Waals surface area contributed by atoms with E-state index in [4.69, 9.17) is 35.0 Å². The molecule has 0 aromatic heterocycles. The van der Waals surface area contributed by atoms with Crippen molar-refractivity contribution in [1.82, 2.24) is 0 Å². The quantitative estimate of drug-likeness (QED) is 0.297. The first kappa shape index (κ1) is 23.1. The van der Waals surface area contributed by atoms with Gasteiger partial charge in [-0.25, -0.2) is 0 Å². The van der Waals surface area contributed by atoms with E-state index in [1.807, 2.05) is 0 Å². The Morgan fingerprint density at radius 3 is 0.667 bits per heavy atom. The van der Waals surface area contributed by atoms with Crippen LogP contribution in [0.4, 0.5) is 0 Å². The van der Waals surface area contributed by atoms with Gasteiger partial charge >= 0.3 is 39.7 Å². The van der Waals surface area contributed by atoms with Gasteiger partial charge in [0.25, 0.3) is 0 Å². The topological polar surface area (TPSA) is 149 Å². The summed E-state index contributed by atoms with van der Waals surface area (Å²) in [5, 5.41) is 0. The predicted molar refractivity (Wildman–Crippen MR) is 35.5 cm³/mol. The van der Waals surface area contributed by atoms with Crippen LogP contribution in [0.1, 0.15) is 0 Å². The van der Waals surface area contributed by atoms with Gasteiger partial charge in [-0.1, -0.05) is 0 Å². The van der Waals surface area contributed by atoms with Crippen LogP contribution in [-0.2, 0) is 43.2 Å². The fourth-order valence-corrected chi connectivity index (χ4v) is 0. The molecule has 1 radical (unpaired) electrons. The van der Waals surface area contributed by atoms with E-state index < -0.39 is 20.8 Å². The Morgan fingerprint density at radius 1 is 0.667 bits per heavy atom. The molecule has 0 aromatic carbocycles. The molecule has 0 aliphatic heterocycles. The zero-order valence-electron chi connectivity index (χ0n) is 4.54. The van der Waals surface area contributed by atoms with Crippen molar-refractivity contribution in [1.29, 1.82) is 0 Å². The van der Waals surface area contributed by atoms with Gasteiger partial charge in [0.05, 0.1) is 0 Å². The molecule has 12 heavy (non-hydrogen) atoms. The summed E-state index contributed by atoms with van der Waals surface area (Å²) in [6.07, 6.45) is 0. The maximum absolute atomic E-state index is 8.74. The average molecular weight is 312 g/mol. The first-order valence-corrected chi connectivity index (χ1v) is 4.19. The van der Waals surface area contributed by atoms with E-state index in [9.17, 15) is 0 Å². The van der Waals surface area contributed by atoms with Gasteiger partial charge in [-0.05, 0) is 0 Å². The van der Waals surface area contributed by atoms with E-state index in [2.05, 4.69) is 0 Å². The van der Waals surface area contributed by atoms with Gasteiger partial charge in [0.15, 0.2) is 0 Å². The summed E-state index contributed by atoms with van der Waals surface area (Å²) >= 11 is 0. The van der Waals surface area contributed by atoms with E-state index in [1.54, 1.807) is 0 Å². The van der Waals surface area contributed by atoms with Crippen molar-refractivity contribution in [3.05, 3.63) is 0 Å². The standard InChI is InChI=1S/Ag.Li.2H2O4S.H/c;;2*1-5(2,3)4;/h;;2*(H2,1,2,3,4);. The van der Waals surface area contributed by atoms with Gasteiger partial charge in [0.2, 0.25) is 0 Å². The summed E-state index contributed by atoms with van der Waals surface area (Å²) < 4.78 is 63.2. The summed E-state index contributed by atoms with van der Waals surface area (Å²) in [6.45, 7) is 0. The van der Waals surface area contributed by atoms with Crippen LogP contribution in [0.25, 0.3) is 0 Å². The molecule has 0 atom stereocenters. The Kier molecular flexibility index (Phi) is 16.7. The predicted octanol–water partition coefficient (Wildman–Crippen LogP) is -1.96. The Balaban J connectivity index is -0.0000000457. The number of hydrogen-bond acceptors (Lipinski definition) is 4. The molecule has 0 aromatic rings. The molecule has 0 spiro atoms. The van der Waals surface area contributed by atoms with Gasteiger partial charge in [-0.3, -0.25) is 18.2 Å². The normalized spacial score (nSPS) is 9.67. The molecule has 0 fully saturated rings. The molecule has 77 valence electrons. The van der Waals surface area contributed by atoms with Crippen molar-refractivity contribution in [2.45, 2.75) is 0 Å². The van der Waals surface area contributed by atoms with Crippen molar-refractivity contribution in [3.63, 3.8) is 0 Å². The van der Waals surface area contributed by atoms with Crippen LogP contribution < -0.4 is 0 Å². The van der Waals surface area contributed by atoms with Crippen molar-refractivity contribution in [2.75, 3.05) is 0 Å². The Labute approximate surface area is 96.6 Å². The molecule has 0 aliphatic rings. The molecular weight excluding hydrogens is 307 g/mol. The molecular formula is H5AgLiO8S2. The van der Waals surface area contributed by atoms with E-state index >= 15 is 0 Å². The van der Waals surface area contributed by atoms with Crippen LogP contribution in [0.2, 0.25) is 0 Å². The van der Waals surface area contributed by atoms with Crippen molar-refractivity contribution in [3.8, 4) is 0 Å². The molecule has 0 bridgehead atoms. The van der Waals surface area contributed by atoms with E-state index in [-0.39, 0.29) is 41.2 Å². The average Bonchev–Trinajstić information content (AvgIpc) is 1.12. The summed E-state index contributed by atoms with van der Waals surface area (Å²) in [5.41, 5.74) is 0. The minimum absolute atomic E-state index is 0. The van der Waals surface area contributed by atoms with Crippen LogP contribution in [0.5, 0.6) is 0 Å². The zero-order valence-corrected chi connectivity index (χ0v) is 7.66. The third-order valence-electron chi connectivity index (χ3n) is 0. The molecule has 4 N–H and O–H groups in total. The number of hydrogen-bond donors (Lipinski definition) is 4. The molecule has 0 amide bonds. The summed E-state index contributed by atoms with van der Waals surface area (Å²) in [4.78, 5) is 0. The molecule has 0 heterocycles. The van der Waals surface area contributed by atoms with Crippen LogP contribution >= 0.6 is 0 Å². The molecule has 0 saturated heterocycles. The monoisotopic (exact) mass is 311 g/mol. The molecule has 0 rings (SSSR count). The second-order valence-corrected chi connectivity index (χ2v) is 2.69. The molecule has 0 aliphatic carbocycles. The summed E-state index contributed by atoms with van der Waals surface area (Å²) in [6, 6.07) is 0. The van der Waals surface area contributed by atoms with Crippen molar-refractivity contribution >= 4 is 39.7 Å². The van der Waals surface area contributed by atoms with Crippen LogP contribution in [0, 0.1) is 0 Å². The Morgan fingerprint density at radius 2 is 0.667 bits per heavy atom. The number of rotatable bonds is 0. The van der Waals surface area contributed by atoms with Crippen LogP contribution in [-0.4, -0.2) is 53.9 Å². The van der Waals surface area contributed by atoms with Gasteiger partial charge < -0.3 is 0 Å². The third kappa shape index (κ3) is 969. The molecule has 12 heteroatoms. The summed E-state index contributed by atoms with van der Waals surface area (Å²) in [5.74, 6) is 0. The third-order valence-corrected chi connectivity index (χ3v) is 0. The van der Waals surface area contributed by atoms with Gasteiger partial charge in [0.1, 0.15) is 0 Å². The molecule has 0 saturated carbocycles. The van der Waals surface area contributed by atoms with E-state index in [1.165, 1.54) is 0 Å². The molecule has 8 nitrogen and oxygen atoms in total. The van der Waals surface area contributed by atoms with Gasteiger partial charge in [-0.15, -0.1) is 0 Å². The zero-order chi connectivity index (χ0) is 9.00. The maximum atomic E-state index is 8.74. The first-order valence-electron chi connectivity index (χ1n) is 1.40. The molecule has 0 unspecified atom stereocenters. The second-order valence-electron chi connectivity index (χ2n) is 0.896. The van der Waals surface area contributed by atoms with Crippen LogP contribution in [0.15, 0.2) is 0 Å². The Bertz CT molecular complexity index is 213. The van der Waals surface area contributed by atoms with Crippen molar-refractivity contribution in [2.24, 2.45) is 0 Å². The fourth-order valence-electron chi connectivity index (χ4n) is 0. The second kappa shape index (κ2) is 8.67. The van der Waals surface area contributed by atoms with Gasteiger partial charge in [-0.2, -0.15) is 16.8 Å². The summed E-state index contributed by atoms with van der Waals surface area (Å²) in [7, 11) is -9.33. The van der Waals surface area contributed by atoms with Crippen LogP contribution in [0.3, 0.4) is 0 Å².